The molecule has 0 atom stereocenters. The van der Waals surface area contributed by atoms with E-state index in [2.05, 4.69) is 17.1 Å². The molecule has 0 saturated heterocycles. The average molecular weight is 282 g/mol. The lowest BCUT2D eigenvalue weighted by Gasteiger charge is -2.09. The van der Waals surface area contributed by atoms with Crippen LogP contribution < -0.4 is 10.5 Å². The highest BCUT2D eigenvalue weighted by Crippen LogP contribution is 2.28. The van der Waals surface area contributed by atoms with Crippen LogP contribution in [0.5, 0.6) is 5.75 Å². The number of pyridine rings is 1. The van der Waals surface area contributed by atoms with Gasteiger partial charge in [-0.3, -0.25) is 4.40 Å². The van der Waals surface area contributed by atoms with Crippen LogP contribution >= 0.6 is 0 Å². The number of rotatable bonds is 4. The second-order valence-corrected chi connectivity index (χ2v) is 5.01. The Morgan fingerprint density at radius 3 is 2.86 bits per heavy atom. The van der Waals surface area contributed by atoms with Gasteiger partial charge in [0.2, 0.25) is 0 Å². The summed E-state index contributed by atoms with van der Waals surface area (Å²) in [5.74, 6) is 1.49. The van der Waals surface area contributed by atoms with Gasteiger partial charge in [0.1, 0.15) is 5.75 Å². The maximum atomic E-state index is 6.06. The van der Waals surface area contributed by atoms with Crippen molar-refractivity contribution in [3.63, 3.8) is 0 Å². The molecule has 0 saturated carbocycles. The number of aryl methyl sites for hydroxylation is 1. The lowest BCUT2D eigenvalue weighted by molar-refractivity contribution is 0.319. The molecule has 0 aliphatic heterocycles. The summed E-state index contributed by atoms with van der Waals surface area (Å²) in [6.07, 6.45) is 2.91. The van der Waals surface area contributed by atoms with Crippen molar-refractivity contribution < 1.29 is 4.74 Å². The lowest BCUT2D eigenvalue weighted by atomic mass is 10.1. The van der Waals surface area contributed by atoms with Gasteiger partial charge in [0.15, 0.2) is 11.5 Å². The number of nitrogens with zero attached hydrogens (tertiary/aromatic N) is 3. The molecule has 0 aliphatic carbocycles. The maximum absolute atomic E-state index is 6.06. The molecule has 0 amide bonds. The third kappa shape index (κ3) is 2.42. The van der Waals surface area contributed by atoms with Crippen molar-refractivity contribution in [2.75, 3.05) is 12.3 Å². The zero-order chi connectivity index (χ0) is 14.8. The molecule has 3 aromatic rings. The van der Waals surface area contributed by atoms with Crippen molar-refractivity contribution in [2.24, 2.45) is 0 Å². The summed E-state index contributed by atoms with van der Waals surface area (Å²) in [5, 5.41) is 8.51. The van der Waals surface area contributed by atoms with Crippen LogP contribution in [0.2, 0.25) is 0 Å². The fourth-order valence-electron chi connectivity index (χ4n) is 2.28. The molecule has 21 heavy (non-hydrogen) atoms. The summed E-state index contributed by atoms with van der Waals surface area (Å²) >= 11 is 0. The largest absolute Gasteiger partial charge is 0.491 e. The minimum atomic E-state index is 0.616. The Bertz CT molecular complexity index is 779. The first-order chi connectivity index (χ1) is 10.2. The van der Waals surface area contributed by atoms with Gasteiger partial charge in [-0.2, -0.15) is 0 Å². The van der Waals surface area contributed by atoms with Crippen molar-refractivity contribution in [3.8, 4) is 17.1 Å². The average Bonchev–Trinajstić information content (AvgIpc) is 2.91. The fraction of sp³-hybridized carbons (Fsp3) is 0.250. The van der Waals surface area contributed by atoms with Crippen molar-refractivity contribution in [3.05, 3.63) is 42.1 Å². The van der Waals surface area contributed by atoms with Gasteiger partial charge >= 0.3 is 0 Å². The molecular formula is C16H18N4O. The number of nitrogens with two attached hydrogens (primary N) is 1. The van der Waals surface area contributed by atoms with Gasteiger partial charge in [0.25, 0.3) is 0 Å². The number of hydrogen-bond donors (Lipinski definition) is 1. The highest BCUT2D eigenvalue weighted by atomic mass is 16.5. The Balaban J connectivity index is 2.03. The monoisotopic (exact) mass is 282 g/mol. The van der Waals surface area contributed by atoms with Crippen LogP contribution in [0.3, 0.4) is 0 Å². The highest BCUT2D eigenvalue weighted by Gasteiger charge is 2.11. The Kier molecular flexibility index (Phi) is 3.48. The van der Waals surface area contributed by atoms with E-state index in [-0.39, 0.29) is 0 Å². The Labute approximate surface area is 123 Å². The van der Waals surface area contributed by atoms with E-state index in [1.54, 1.807) is 0 Å². The fourth-order valence-corrected chi connectivity index (χ4v) is 2.28. The summed E-state index contributed by atoms with van der Waals surface area (Å²) in [6, 6.07) is 9.72. The van der Waals surface area contributed by atoms with E-state index < -0.39 is 0 Å². The second kappa shape index (κ2) is 5.44. The molecular weight excluding hydrogens is 264 g/mol. The summed E-state index contributed by atoms with van der Waals surface area (Å²) < 4.78 is 7.57. The van der Waals surface area contributed by atoms with E-state index >= 15 is 0 Å². The van der Waals surface area contributed by atoms with E-state index in [0.29, 0.717) is 18.0 Å². The molecule has 0 fully saturated rings. The molecule has 5 nitrogen and oxygen atoms in total. The van der Waals surface area contributed by atoms with Gasteiger partial charge < -0.3 is 10.5 Å². The standard InChI is InChI=1S/C16H18N4O/c1-3-9-21-14-7-6-12(10-13(14)17)16-19-18-15-11(2)5-4-8-20(15)16/h4-8,10H,3,9,17H2,1-2H3. The molecule has 0 bridgehead atoms. The lowest BCUT2D eigenvalue weighted by Crippen LogP contribution is -1.99. The first kappa shape index (κ1) is 13.4. The minimum absolute atomic E-state index is 0.616. The number of aromatic nitrogens is 3. The van der Waals surface area contributed by atoms with Crippen molar-refractivity contribution in [1.29, 1.82) is 0 Å². The quantitative estimate of drug-likeness (QED) is 0.747. The Hall–Kier alpha value is -2.56. The van der Waals surface area contributed by atoms with Crippen LogP contribution in [0, 0.1) is 6.92 Å². The Morgan fingerprint density at radius 2 is 2.10 bits per heavy atom. The SMILES string of the molecule is CCCOc1ccc(-c2nnc3c(C)cccn23)cc1N. The van der Waals surface area contributed by atoms with Gasteiger partial charge in [-0.1, -0.05) is 13.0 Å². The number of anilines is 1. The molecule has 1 aromatic carbocycles. The van der Waals surface area contributed by atoms with Crippen LogP contribution in [-0.4, -0.2) is 21.2 Å². The normalized spacial score (nSPS) is 11.0. The van der Waals surface area contributed by atoms with Crippen molar-refractivity contribution in [2.45, 2.75) is 20.3 Å². The molecule has 2 N–H and O–H groups in total. The zero-order valence-corrected chi connectivity index (χ0v) is 12.2. The number of ether oxygens (including phenoxy) is 1. The van der Waals surface area contributed by atoms with Crippen LogP contribution in [-0.2, 0) is 0 Å². The van der Waals surface area contributed by atoms with E-state index in [4.69, 9.17) is 10.5 Å². The number of fused-ring (bicyclic) bond motifs is 1. The first-order valence-electron chi connectivity index (χ1n) is 7.03. The van der Waals surface area contributed by atoms with Crippen LogP contribution in [0.25, 0.3) is 17.0 Å². The topological polar surface area (TPSA) is 65.4 Å². The molecule has 5 heteroatoms. The zero-order valence-electron chi connectivity index (χ0n) is 12.2. The van der Waals surface area contributed by atoms with Gasteiger partial charge in [0.05, 0.1) is 12.3 Å². The van der Waals surface area contributed by atoms with E-state index in [1.165, 1.54) is 0 Å². The smallest absolute Gasteiger partial charge is 0.168 e. The van der Waals surface area contributed by atoms with E-state index in [9.17, 15) is 0 Å². The van der Waals surface area contributed by atoms with Crippen LogP contribution in [0.15, 0.2) is 36.5 Å². The van der Waals surface area contributed by atoms with Crippen LogP contribution in [0.1, 0.15) is 18.9 Å². The molecule has 108 valence electrons. The number of hydrogen-bond acceptors (Lipinski definition) is 4. The highest BCUT2D eigenvalue weighted by molar-refractivity contribution is 5.68. The minimum Gasteiger partial charge on any atom is -0.491 e. The molecule has 0 spiro atoms. The van der Waals surface area contributed by atoms with Crippen LogP contribution in [0.4, 0.5) is 5.69 Å². The van der Waals surface area contributed by atoms with Gasteiger partial charge in [0, 0.05) is 11.8 Å². The summed E-state index contributed by atoms with van der Waals surface area (Å²) in [7, 11) is 0. The summed E-state index contributed by atoms with van der Waals surface area (Å²) in [5.41, 5.74) is 9.55. The third-order valence-electron chi connectivity index (χ3n) is 3.36. The first-order valence-corrected chi connectivity index (χ1v) is 7.03. The maximum Gasteiger partial charge on any atom is 0.168 e. The molecule has 2 aromatic heterocycles. The Morgan fingerprint density at radius 1 is 1.24 bits per heavy atom. The third-order valence-corrected chi connectivity index (χ3v) is 3.36. The molecule has 0 aliphatic rings. The van der Waals surface area contributed by atoms with Gasteiger partial charge in [-0.05, 0) is 43.2 Å². The molecule has 0 radical (unpaired) electrons. The summed E-state index contributed by atoms with van der Waals surface area (Å²) in [6.45, 7) is 4.75. The van der Waals surface area contributed by atoms with E-state index in [0.717, 1.165) is 29.0 Å². The molecule has 0 unspecified atom stereocenters. The van der Waals surface area contributed by atoms with Crippen molar-refractivity contribution in [1.82, 2.24) is 14.6 Å². The van der Waals surface area contributed by atoms with E-state index in [1.807, 2.05) is 47.9 Å². The molecule has 2 heterocycles. The predicted octanol–water partition coefficient (Wildman–Crippen LogP) is 3.08. The predicted molar refractivity (Wildman–Crippen MR) is 83.4 cm³/mol. The summed E-state index contributed by atoms with van der Waals surface area (Å²) in [4.78, 5) is 0. The van der Waals surface area contributed by atoms with Gasteiger partial charge in [-0.25, -0.2) is 0 Å². The molecule has 3 rings (SSSR count). The number of nitrogen functional groups attached to an aromatic ring is 1. The number of benzene rings is 1. The van der Waals surface area contributed by atoms with Crippen molar-refractivity contribution >= 4 is 11.3 Å². The second-order valence-electron chi connectivity index (χ2n) is 5.01. The van der Waals surface area contributed by atoms with Gasteiger partial charge in [-0.15, -0.1) is 10.2 Å².